The van der Waals surface area contributed by atoms with Crippen LogP contribution in [0.1, 0.15) is 33.1 Å². The van der Waals surface area contributed by atoms with Crippen molar-refractivity contribution >= 4 is 0 Å². The Morgan fingerprint density at radius 3 is 2.45 bits per heavy atom. The zero-order chi connectivity index (χ0) is 7.69. The van der Waals surface area contributed by atoms with Crippen LogP contribution in [0.3, 0.4) is 0 Å². The minimum absolute atomic E-state index is 0.387. The Bertz CT molecular complexity index is 199. The zero-order valence-corrected chi connectivity index (χ0v) is 7.39. The maximum Gasteiger partial charge on any atom is 0.0949 e. The molecule has 4 rings (SSSR count). The first-order chi connectivity index (χ1) is 5.15. The molecule has 1 saturated heterocycles. The summed E-state index contributed by atoms with van der Waals surface area (Å²) in [6.45, 7) is 5.91. The highest BCUT2D eigenvalue weighted by Crippen LogP contribution is 2.67. The molecule has 1 spiro atoms. The van der Waals surface area contributed by atoms with E-state index in [9.17, 15) is 0 Å². The summed E-state index contributed by atoms with van der Waals surface area (Å²) in [5.74, 6) is 1.91. The van der Waals surface area contributed by atoms with E-state index >= 15 is 0 Å². The van der Waals surface area contributed by atoms with Crippen LogP contribution in [0.15, 0.2) is 0 Å². The average molecular weight is 152 g/mol. The number of fused-ring (bicyclic) bond motifs is 1. The predicted molar refractivity (Wildman–Crippen MR) is 43.3 cm³/mol. The Kier molecular flexibility index (Phi) is 0.893. The minimum Gasteiger partial charge on any atom is -0.369 e. The fourth-order valence-electron chi connectivity index (χ4n) is 3.43. The molecule has 0 aromatic carbocycles. The molecule has 0 aromatic rings. The third-order valence-electron chi connectivity index (χ3n) is 4.54. The standard InChI is InChI=1S/C10H16O/c1-9(2)7-3-4-10(6-11-10)8(9)5-7/h7-8H,3-6H2,1-2H3/t7-,8+,10+/m0/s1. The molecule has 0 N–H and O–H groups in total. The molecule has 4 fully saturated rings. The van der Waals surface area contributed by atoms with E-state index in [1.54, 1.807) is 0 Å². The summed E-state index contributed by atoms with van der Waals surface area (Å²) < 4.78 is 5.62. The van der Waals surface area contributed by atoms with E-state index in [0.29, 0.717) is 11.0 Å². The average Bonchev–Trinajstić information content (AvgIpc) is 2.69. The molecule has 1 heterocycles. The SMILES string of the molecule is CC1(C)[C@H]2CC[C@@]3(CO3)[C@@H]1C2. The molecule has 1 aliphatic heterocycles. The second-order valence-corrected chi connectivity index (χ2v) is 5.20. The summed E-state index contributed by atoms with van der Waals surface area (Å²) in [4.78, 5) is 0. The topological polar surface area (TPSA) is 12.5 Å². The van der Waals surface area contributed by atoms with Crippen molar-refractivity contribution in [3.8, 4) is 0 Å². The first-order valence-electron chi connectivity index (χ1n) is 4.79. The lowest BCUT2D eigenvalue weighted by Crippen LogP contribution is -2.56. The van der Waals surface area contributed by atoms with Gasteiger partial charge in [-0.05, 0) is 36.5 Å². The van der Waals surface area contributed by atoms with Crippen molar-refractivity contribution < 1.29 is 4.74 Å². The van der Waals surface area contributed by atoms with Gasteiger partial charge in [-0.1, -0.05) is 13.8 Å². The van der Waals surface area contributed by atoms with Gasteiger partial charge in [0.05, 0.1) is 12.2 Å². The number of ether oxygens (including phenoxy) is 1. The number of rotatable bonds is 0. The van der Waals surface area contributed by atoms with Crippen LogP contribution in [-0.4, -0.2) is 12.2 Å². The Morgan fingerprint density at radius 1 is 1.36 bits per heavy atom. The molecule has 3 atom stereocenters. The Hall–Kier alpha value is -0.0400. The molecule has 4 aliphatic rings. The summed E-state index contributed by atoms with van der Waals surface area (Å²) in [5.41, 5.74) is 0.993. The molecule has 1 nitrogen and oxygen atoms in total. The maximum absolute atomic E-state index is 5.62. The fraction of sp³-hybridized carbons (Fsp3) is 1.00. The summed E-state index contributed by atoms with van der Waals surface area (Å²) in [6, 6.07) is 0. The second-order valence-electron chi connectivity index (χ2n) is 5.20. The first-order valence-corrected chi connectivity index (χ1v) is 4.79. The van der Waals surface area contributed by atoms with E-state index in [1.165, 1.54) is 19.3 Å². The van der Waals surface area contributed by atoms with Gasteiger partial charge in [0.1, 0.15) is 0 Å². The number of epoxide rings is 1. The third kappa shape index (κ3) is 0.581. The van der Waals surface area contributed by atoms with Crippen LogP contribution in [0, 0.1) is 17.3 Å². The van der Waals surface area contributed by atoms with Crippen molar-refractivity contribution in [3.63, 3.8) is 0 Å². The molecule has 62 valence electrons. The molecule has 1 heteroatoms. The highest BCUT2D eigenvalue weighted by Gasteiger charge is 2.67. The normalized spacial score (nSPS) is 57.3. The largest absolute Gasteiger partial charge is 0.369 e. The van der Waals surface area contributed by atoms with Gasteiger partial charge in [0, 0.05) is 0 Å². The van der Waals surface area contributed by atoms with Gasteiger partial charge in [0.25, 0.3) is 0 Å². The van der Waals surface area contributed by atoms with Gasteiger partial charge in [-0.3, -0.25) is 0 Å². The van der Waals surface area contributed by atoms with Crippen molar-refractivity contribution in [2.75, 3.05) is 6.61 Å². The summed E-state index contributed by atoms with van der Waals surface area (Å²) >= 11 is 0. The summed E-state index contributed by atoms with van der Waals surface area (Å²) in [6.07, 6.45) is 4.22. The predicted octanol–water partition coefficient (Wildman–Crippen LogP) is 2.21. The van der Waals surface area contributed by atoms with Crippen molar-refractivity contribution in [2.24, 2.45) is 17.3 Å². The Morgan fingerprint density at radius 2 is 2.09 bits per heavy atom. The Balaban J connectivity index is 1.94. The van der Waals surface area contributed by atoms with Crippen LogP contribution in [0.2, 0.25) is 0 Å². The maximum atomic E-state index is 5.62. The van der Waals surface area contributed by atoms with E-state index in [1.807, 2.05) is 0 Å². The highest BCUT2D eigenvalue weighted by atomic mass is 16.6. The lowest BCUT2D eigenvalue weighted by atomic mass is 9.45. The third-order valence-corrected chi connectivity index (χ3v) is 4.54. The number of hydrogen-bond acceptors (Lipinski definition) is 1. The van der Waals surface area contributed by atoms with E-state index in [2.05, 4.69) is 13.8 Å². The van der Waals surface area contributed by atoms with Gasteiger partial charge in [-0.2, -0.15) is 0 Å². The van der Waals surface area contributed by atoms with E-state index < -0.39 is 0 Å². The fourth-order valence-corrected chi connectivity index (χ4v) is 3.43. The van der Waals surface area contributed by atoms with Crippen LogP contribution in [0.5, 0.6) is 0 Å². The lowest BCUT2D eigenvalue weighted by molar-refractivity contribution is -0.115. The van der Waals surface area contributed by atoms with Crippen LogP contribution in [0.25, 0.3) is 0 Å². The van der Waals surface area contributed by atoms with Gasteiger partial charge >= 0.3 is 0 Å². The van der Waals surface area contributed by atoms with Crippen molar-refractivity contribution in [2.45, 2.75) is 38.7 Å². The van der Waals surface area contributed by atoms with Crippen LogP contribution < -0.4 is 0 Å². The number of hydrogen-bond donors (Lipinski definition) is 0. The van der Waals surface area contributed by atoms with Crippen LogP contribution >= 0.6 is 0 Å². The Labute approximate surface area is 68.1 Å². The summed E-state index contributed by atoms with van der Waals surface area (Å²) in [5, 5.41) is 0. The van der Waals surface area contributed by atoms with E-state index in [4.69, 9.17) is 4.74 Å². The van der Waals surface area contributed by atoms with Crippen molar-refractivity contribution in [3.05, 3.63) is 0 Å². The zero-order valence-electron chi connectivity index (χ0n) is 7.39. The van der Waals surface area contributed by atoms with Gasteiger partial charge in [0.15, 0.2) is 0 Å². The van der Waals surface area contributed by atoms with Crippen LogP contribution in [0.4, 0.5) is 0 Å². The monoisotopic (exact) mass is 152 g/mol. The molecule has 0 aromatic heterocycles. The van der Waals surface area contributed by atoms with Gasteiger partial charge < -0.3 is 4.74 Å². The smallest absolute Gasteiger partial charge is 0.0949 e. The van der Waals surface area contributed by atoms with Gasteiger partial charge in [-0.25, -0.2) is 0 Å². The van der Waals surface area contributed by atoms with Gasteiger partial charge in [-0.15, -0.1) is 0 Å². The van der Waals surface area contributed by atoms with Crippen LogP contribution in [-0.2, 0) is 4.74 Å². The van der Waals surface area contributed by atoms with E-state index in [-0.39, 0.29) is 0 Å². The quantitative estimate of drug-likeness (QED) is 0.485. The molecule has 0 unspecified atom stereocenters. The first kappa shape index (κ1) is 6.47. The molecule has 0 amide bonds. The molecule has 0 radical (unpaired) electrons. The van der Waals surface area contributed by atoms with Gasteiger partial charge in [0.2, 0.25) is 0 Å². The molecule has 2 bridgehead atoms. The van der Waals surface area contributed by atoms with Crippen molar-refractivity contribution in [1.29, 1.82) is 0 Å². The van der Waals surface area contributed by atoms with E-state index in [0.717, 1.165) is 18.4 Å². The highest BCUT2D eigenvalue weighted by molar-refractivity contribution is 5.15. The summed E-state index contributed by atoms with van der Waals surface area (Å²) in [7, 11) is 0. The lowest BCUT2D eigenvalue weighted by Gasteiger charge is -2.59. The minimum atomic E-state index is 0.387. The second kappa shape index (κ2) is 1.52. The molecule has 3 saturated carbocycles. The molecular formula is C10H16O. The molecule has 3 aliphatic carbocycles. The van der Waals surface area contributed by atoms with Crippen molar-refractivity contribution in [1.82, 2.24) is 0 Å². The molecule has 11 heavy (non-hydrogen) atoms. The molecular weight excluding hydrogens is 136 g/mol.